The van der Waals surface area contributed by atoms with Gasteiger partial charge in [-0.1, -0.05) is 0 Å². The van der Waals surface area contributed by atoms with Crippen LogP contribution < -0.4 is 10.1 Å². The van der Waals surface area contributed by atoms with Crippen LogP contribution in [0.15, 0.2) is 47.8 Å². The van der Waals surface area contributed by atoms with Gasteiger partial charge in [0.2, 0.25) is 0 Å². The first kappa shape index (κ1) is 19.6. The lowest BCUT2D eigenvalue weighted by Gasteiger charge is -2.05. The average Bonchev–Trinajstić information content (AvgIpc) is 3.30. The average molecular weight is 423 g/mol. The van der Waals surface area contributed by atoms with Crippen molar-refractivity contribution >= 4 is 39.9 Å². The number of hydrogen-bond donors (Lipinski definition) is 1. The van der Waals surface area contributed by atoms with E-state index >= 15 is 0 Å². The van der Waals surface area contributed by atoms with E-state index in [1.807, 2.05) is 24.3 Å². The Morgan fingerprint density at radius 3 is 2.57 bits per heavy atom. The number of carbonyl (C=O) groups is 3. The quantitative estimate of drug-likeness (QED) is 0.479. The van der Waals surface area contributed by atoms with Crippen LogP contribution in [-0.4, -0.2) is 41.8 Å². The molecule has 8 nitrogen and oxygen atoms in total. The van der Waals surface area contributed by atoms with Gasteiger partial charge >= 0.3 is 5.97 Å². The fourth-order valence-electron chi connectivity index (χ4n) is 2.94. The van der Waals surface area contributed by atoms with Crippen LogP contribution in [0, 0.1) is 0 Å². The van der Waals surface area contributed by atoms with Crippen LogP contribution in [0.2, 0.25) is 0 Å². The second kappa shape index (κ2) is 7.96. The fraction of sp³-hybridized carbons (Fsp3) is 0.143. The van der Waals surface area contributed by atoms with Gasteiger partial charge in [-0.05, 0) is 42.5 Å². The van der Waals surface area contributed by atoms with Crippen molar-refractivity contribution in [2.75, 3.05) is 19.5 Å². The molecule has 3 aromatic rings. The zero-order chi connectivity index (χ0) is 21.3. The van der Waals surface area contributed by atoms with Gasteiger partial charge in [0, 0.05) is 18.1 Å². The van der Waals surface area contributed by atoms with Crippen LogP contribution in [0.25, 0.3) is 0 Å². The molecule has 9 heteroatoms. The van der Waals surface area contributed by atoms with E-state index in [2.05, 4.69) is 10.3 Å². The lowest BCUT2D eigenvalue weighted by molar-refractivity contribution is 0.0468. The van der Waals surface area contributed by atoms with Gasteiger partial charge in [-0.3, -0.25) is 14.5 Å². The van der Waals surface area contributed by atoms with E-state index in [4.69, 9.17) is 9.47 Å². The van der Waals surface area contributed by atoms with E-state index in [0.29, 0.717) is 10.8 Å². The van der Waals surface area contributed by atoms with Crippen molar-refractivity contribution in [3.8, 4) is 5.75 Å². The van der Waals surface area contributed by atoms with Gasteiger partial charge in [-0.2, -0.15) is 0 Å². The largest absolute Gasteiger partial charge is 0.497 e. The van der Waals surface area contributed by atoms with Crippen molar-refractivity contribution in [1.82, 2.24) is 9.88 Å². The lowest BCUT2D eigenvalue weighted by Crippen LogP contribution is -2.24. The van der Waals surface area contributed by atoms with E-state index < -0.39 is 11.9 Å². The van der Waals surface area contributed by atoms with E-state index in [9.17, 15) is 14.4 Å². The summed E-state index contributed by atoms with van der Waals surface area (Å²) in [7, 11) is 3.01. The van der Waals surface area contributed by atoms with Crippen LogP contribution in [0.5, 0.6) is 5.75 Å². The molecule has 0 saturated heterocycles. The number of imide groups is 1. The molecular formula is C21H17N3O5S. The molecule has 2 heterocycles. The molecule has 0 atom stereocenters. The second-order valence-electron chi connectivity index (χ2n) is 6.50. The first-order chi connectivity index (χ1) is 14.5. The first-order valence-electron chi connectivity index (χ1n) is 8.95. The molecule has 0 radical (unpaired) electrons. The van der Waals surface area contributed by atoms with Crippen molar-refractivity contribution in [3.63, 3.8) is 0 Å². The van der Waals surface area contributed by atoms with Gasteiger partial charge in [-0.25, -0.2) is 9.78 Å². The molecule has 1 aromatic heterocycles. The molecule has 0 fully saturated rings. The molecule has 1 aliphatic heterocycles. The number of benzene rings is 2. The highest BCUT2D eigenvalue weighted by Crippen LogP contribution is 2.25. The summed E-state index contributed by atoms with van der Waals surface area (Å²) >= 11 is 1.39. The summed E-state index contributed by atoms with van der Waals surface area (Å²) in [6.07, 6.45) is 0. The molecule has 2 aromatic carbocycles. The van der Waals surface area contributed by atoms with Crippen molar-refractivity contribution < 1.29 is 23.9 Å². The molecule has 152 valence electrons. The number of amides is 2. The molecule has 0 aliphatic carbocycles. The number of fused-ring (bicyclic) bond motifs is 1. The molecule has 0 bridgehead atoms. The van der Waals surface area contributed by atoms with Crippen LogP contribution in [0.3, 0.4) is 0 Å². The monoisotopic (exact) mass is 423 g/mol. The highest BCUT2D eigenvalue weighted by Gasteiger charge is 2.33. The number of hydrogen-bond acceptors (Lipinski definition) is 8. The maximum Gasteiger partial charge on any atom is 0.338 e. The Hall–Kier alpha value is -3.72. The lowest BCUT2D eigenvalue weighted by atomic mass is 10.1. The van der Waals surface area contributed by atoms with Gasteiger partial charge in [-0.15, -0.1) is 11.3 Å². The Labute approximate surface area is 176 Å². The number of ether oxygens (including phenoxy) is 2. The zero-order valence-electron chi connectivity index (χ0n) is 16.2. The third kappa shape index (κ3) is 3.74. The van der Waals surface area contributed by atoms with Crippen molar-refractivity contribution in [2.45, 2.75) is 6.61 Å². The summed E-state index contributed by atoms with van der Waals surface area (Å²) in [5.41, 5.74) is 2.15. The standard InChI is InChI=1S/C21H17N3O5S/c1-24-18(25)16-8-3-12(9-17(16)19(24)26)20(27)29-10-14-11-30-21(23-14)22-13-4-6-15(28-2)7-5-13/h3-9,11H,10H2,1-2H3,(H,22,23). The van der Waals surface area contributed by atoms with Crippen molar-refractivity contribution in [2.24, 2.45) is 0 Å². The van der Waals surface area contributed by atoms with E-state index in [-0.39, 0.29) is 29.2 Å². The maximum absolute atomic E-state index is 12.4. The molecule has 30 heavy (non-hydrogen) atoms. The summed E-state index contributed by atoms with van der Waals surface area (Å²) in [5, 5.41) is 5.63. The Kier molecular flexibility index (Phi) is 5.20. The molecule has 1 N–H and O–H groups in total. The highest BCUT2D eigenvalue weighted by molar-refractivity contribution is 7.13. The van der Waals surface area contributed by atoms with Crippen LogP contribution >= 0.6 is 11.3 Å². The number of esters is 1. The number of methoxy groups -OCH3 is 1. The van der Waals surface area contributed by atoms with Gasteiger partial charge in [0.1, 0.15) is 12.4 Å². The minimum Gasteiger partial charge on any atom is -0.497 e. The van der Waals surface area contributed by atoms with Gasteiger partial charge in [0.15, 0.2) is 5.13 Å². The predicted molar refractivity (Wildman–Crippen MR) is 110 cm³/mol. The van der Waals surface area contributed by atoms with Crippen molar-refractivity contribution in [3.05, 3.63) is 70.2 Å². The maximum atomic E-state index is 12.4. The SMILES string of the molecule is COc1ccc(Nc2nc(COC(=O)c3ccc4c(c3)C(=O)N(C)C4=O)cs2)cc1. The molecule has 2 amide bonds. The second-order valence-corrected chi connectivity index (χ2v) is 7.36. The number of nitrogens with one attached hydrogen (secondary N) is 1. The van der Waals surface area contributed by atoms with Gasteiger partial charge < -0.3 is 14.8 Å². The Balaban J connectivity index is 1.38. The van der Waals surface area contributed by atoms with E-state index in [1.54, 1.807) is 12.5 Å². The summed E-state index contributed by atoms with van der Waals surface area (Å²) in [5.74, 6) is -0.644. The summed E-state index contributed by atoms with van der Waals surface area (Å²) < 4.78 is 10.4. The normalized spacial score (nSPS) is 12.7. The molecular weight excluding hydrogens is 406 g/mol. The Morgan fingerprint density at radius 1 is 1.10 bits per heavy atom. The number of nitrogens with zero attached hydrogens (tertiary/aromatic N) is 2. The third-order valence-electron chi connectivity index (χ3n) is 4.57. The minimum atomic E-state index is -0.592. The number of thiazole rings is 1. The Bertz CT molecular complexity index is 1140. The third-order valence-corrected chi connectivity index (χ3v) is 5.38. The minimum absolute atomic E-state index is 0.0104. The van der Waals surface area contributed by atoms with Crippen LogP contribution in [0.4, 0.5) is 10.8 Å². The van der Waals surface area contributed by atoms with Crippen LogP contribution in [0.1, 0.15) is 36.8 Å². The molecule has 0 unspecified atom stereocenters. The molecule has 4 rings (SSSR count). The van der Waals surface area contributed by atoms with Crippen LogP contribution in [-0.2, 0) is 11.3 Å². The zero-order valence-corrected chi connectivity index (χ0v) is 17.0. The Morgan fingerprint density at radius 2 is 1.83 bits per heavy atom. The van der Waals surface area contributed by atoms with Crippen molar-refractivity contribution in [1.29, 1.82) is 0 Å². The molecule has 1 aliphatic rings. The molecule has 0 spiro atoms. The van der Waals surface area contributed by atoms with Gasteiger partial charge in [0.25, 0.3) is 11.8 Å². The van der Waals surface area contributed by atoms with E-state index in [1.165, 1.54) is 36.6 Å². The topological polar surface area (TPSA) is 97.8 Å². The first-order valence-corrected chi connectivity index (χ1v) is 9.83. The van der Waals surface area contributed by atoms with E-state index in [0.717, 1.165) is 16.3 Å². The summed E-state index contributed by atoms with van der Waals surface area (Å²) in [6, 6.07) is 11.8. The summed E-state index contributed by atoms with van der Waals surface area (Å²) in [6.45, 7) is -0.0104. The number of carbonyl (C=O) groups excluding carboxylic acids is 3. The highest BCUT2D eigenvalue weighted by atomic mass is 32.1. The number of anilines is 2. The smallest absolute Gasteiger partial charge is 0.338 e. The number of aromatic nitrogens is 1. The molecule has 0 saturated carbocycles. The summed E-state index contributed by atoms with van der Waals surface area (Å²) in [4.78, 5) is 41.8. The van der Waals surface area contributed by atoms with Gasteiger partial charge in [0.05, 0.1) is 29.5 Å². The predicted octanol–water partition coefficient (Wildman–Crippen LogP) is 3.48. The fourth-order valence-corrected chi connectivity index (χ4v) is 3.65. The number of rotatable bonds is 6.